The summed E-state index contributed by atoms with van der Waals surface area (Å²) in [4.78, 5) is 31.0. The summed E-state index contributed by atoms with van der Waals surface area (Å²) >= 11 is 0. The van der Waals surface area contributed by atoms with Gasteiger partial charge in [0.05, 0.1) is 17.1 Å². The minimum absolute atomic E-state index is 0.147. The van der Waals surface area contributed by atoms with Crippen molar-refractivity contribution >= 4 is 28.5 Å². The van der Waals surface area contributed by atoms with Crippen molar-refractivity contribution in [3.05, 3.63) is 59.9 Å². The zero-order valence-corrected chi connectivity index (χ0v) is 13.5. The average Bonchev–Trinajstić information content (AvgIpc) is 2.99. The van der Waals surface area contributed by atoms with Crippen LogP contribution in [0.4, 0.5) is 5.69 Å². The van der Waals surface area contributed by atoms with E-state index < -0.39 is 0 Å². The number of nitrogens with zero attached hydrogens (tertiary/aromatic N) is 1. The van der Waals surface area contributed by atoms with Crippen molar-refractivity contribution in [3.63, 3.8) is 0 Å². The maximum absolute atomic E-state index is 12.3. The van der Waals surface area contributed by atoms with Crippen molar-refractivity contribution in [2.75, 3.05) is 5.32 Å². The number of nitrogens with one attached hydrogen (secondary N) is 3. The van der Waals surface area contributed by atoms with Crippen LogP contribution in [0.15, 0.2) is 48.5 Å². The minimum Gasteiger partial charge on any atom is -0.342 e. The molecule has 6 heteroatoms. The van der Waals surface area contributed by atoms with Crippen molar-refractivity contribution < 1.29 is 9.59 Å². The Labute approximate surface area is 139 Å². The van der Waals surface area contributed by atoms with Crippen LogP contribution in [0.3, 0.4) is 0 Å². The number of aromatic nitrogens is 2. The molecule has 122 valence electrons. The van der Waals surface area contributed by atoms with Crippen molar-refractivity contribution in [3.8, 4) is 0 Å². The predicted molar refractivity (Wildman–Crippen MR) is 92.7 cm³/mol. The van der Waals surface area contributed by atoms with Crippen LogP contribution in [-0.2, 0) is 4.79 Å². The van der Waals surface area contributed by atoms with Crippen LogP contribution >= 0.6 is 0 Å². The van der Waals surface area contributed by atoms with Crippen molar-refractivity contribution in [1.29, 1.82) is 0 Å². The number of H-pyrrole nitrogens is 1. The van der Waals surface area contributed by atoms with Gasteiger partial charge in [0.25, 0.3) is 5.91 Å². The maximum Gasteiger partial charge on any atom is 0.251 e. The number of rotatable bonds is 4. The van der Waals surface area contributed by atoms with E-state index in [0.717, 1.165) is 11.0 Å². The number of benzene rings is 2. The Balaban J connectivity index is 1.70. The second-order valence-corrected chi connectivity index (χ2v) is 5.59. The zero-order valence-electron chi connectivity index (χ0n) is 13.5. The SMILES string of the molecule is CC(=O)Nc1ccc(C(=O)N[C@@H](C)c2nc3ccccc3[nH]2)cc1. The first-order valence-corrected chi connectivity index (χ1v) is 7.66. The van der Waals surface area contributed by atoms with Gasteiger partial charge in [-0.1, -0.05) is 12.1 Å². The third-order valence-corrected chi connectivity index (χ3v) is 3.63. The second-order valence-electron chi connectivity index (χ2n) is 5.59. The molecule has 0 saturated heterocycles. The minimum atomic E-state index is -0.250. The van der Waals surface area contributed by atoms with Gasteiger partial charge in [-0.3, -0.25) is 9.59 Å². The van der Waals surface area contributed by atoms with Gasteiger partial charge >= 0.3 is 0 Å². The summed E-state index contributed by atoms with van der Waals surface area (Å²) in [5, 5.41) is 5.58. The van der Waals surface area contributed by atoms with Gasteiger partial charge in [-0.2, -0.15) is 0 Å². The predicted octanol–water partition coefficient (Wildman–Crippen LogP) is 3.01. The first-order chi connectivity index (χ1) is 11.5. The van der Waals surface area contributed by atoms with E-state index in [1.165, 1.54) is 6.92 Å². The second kappa shape index (κ2) is 6.54. The van der Waals surface area contributed by atoms with E-state index in [0.29, 0.717) is 17.1 Å². The van der Waals surface area contributed by atoms with Crippen LogP contribution in [0.5, 0.6) is 0 Å². The fourth-order valence-electron chi connectivity index (χ4n) is 2.43. The van der Waals surface area contributed by atoms with Crippen molar-refractivity contribution in [2.24, 2.45) is 0 Å². The monoisotopic (exact) mass is 322 g/mol. The lowest BCUT2D eigenvalue weighted by Gasteiger charge is -2.12. The Morgan fingerprint density at radius 1 is 1.08 bits per heavy atom. The molecular weight excluding hydrogens is 304 g/mol. The van der Waals surface area contributed by atoms with E-state index in [1.807, 2.05) is 31.2 Å². The molecule has 0 bridgehead atoms. The Bertz CT molecular complexity index is 850. The summed E-state index contributed by atoms with van der Waals surface area (Å²) in [6.45, 7) is 3.32. The van der Waals surface area contributed by atoms with Gasteiger partial charge < -0.3 is 15.6 Å². The van der Waals surface area contributed by atoms with E-state index in [2.05, 4.69) is 20.6 Å². The van der Waals surface area contributed by atoms with Crippen LogP contribution in [0, 0.1) is 0 Å². The largest absolute Gasteiger partial charge is 0.342 e. The number of anilines is 1. The Kier molecular flexibility index (Phi) is 4.29. The third kappa shape index (κ3) is 3.43. The van der Waals surface area contributed by atoms with Crippen LogP contribution in [0.2, 0.25) is 0 Å². The number of para-hydroxylation sites is 2. The van der Waals surface area contributed by atoms with Crippen molar-refractivity contribution in [2.45, 2.75) is 19.9 Å². The van der Waals surface area contributed by atoms with Crippen LogP contribution < -0.4 is 10.6 Å². The third-order valence-electron chi connectivity index (χ3n) is 3.63. The molecule has 0 spiro atoms. The van der Waals surface area contributed by atoms with Gasteiger partial charge in [-0.05, 0) is 43.3 Å². The molecule has 1 aromatic heterocycles. The topological polar surface area (TPSA) is 86.9 Å². The lowest BCUT2D eigenvalue weighted by atomic mass is 10.2. The fraction of sp³-hybridized carbons (Fsp3) is 0.167. The number of fused-ring (bicyclic) bond motifs is 1. The molecule has 3 rings (SSSR count). The molecule has 24 heavy (non-hydrogen) atoms. The number of hydrogen-bond acceptors (Lipinski definition) is 3. The van der Waals surface area contributed by atoms with E-state index in [9.17, 15) is 9.59 Å². The van der Waals surface area contributed by atoms with Crippen LogP contribution in [0.25, 0.3) is 11.0 Å². The molecule has 6 nitrogen and oxygen atoms in total. The normalized spacial score (nSPS) is 11.9. The Hall–Kier alpha value is -3.15. The van der Waals surface area contributed by atoms with Crippen LogP contribution in [0.1, 0.15) is 36.1 Å². The van der Waals surface area contributed by atoms with Crippen LogP contribution in [-0.4, -0.2) is 21.8 Å². The molecule has 1 atom stereocenters. The molecule has 3 aromatic rings. The Morgan fingerprint density at radius 3 is 2.46 bits per heavy atom. The smallest absolute Gasteiger partial charge is 0.251 e. The first-order valence-electron chi connectivity index (χ1n) is 7.66. The van der Waals surface area contributed by atoms with Gasteiger partial charge in [0.15, 0.2) is 0 Å². The molecule has 2 aromatic carbocycles. The lowest BCUT2D eigenvalue weighted by Crippen LogP contribution is -2.27. The maximum atomic E-state index is 12.3. The number of imidazole rings is 1. The van der Waals surface area contributed by atoms with E-state index >= 15 is 0 Å². The highest BCUT2D eigenvalue weighted by Crippen LogP contribution is 2.16. The number of hydrogen-bond donors (Lipinski definition) is 3. The lowest BCUT2D eigenvalue weighted by molar-refractivity contribution is -0.114. The standard InChI is InChI=1S/C18H18N4O2/c1-11(17-21-15-5-3-4-6-16(15)22-17)19-18(24)13-7-9-14(10-8-13)20-12(2)23/h3-11H,1-2H3,(H,19,24)(H,20,23)(H,21,22)/t11-/m0/s1. The molecule has 1 heterocycles. The number of aromatic amines is 1. The van der Waals surface area contributed by atoms with Gasteiger partial charge in [-0.25, -0.2) is 4.98 Å². The van der Waals surface area contributed by atoms with Crippen molar-refractivity contribution in [1.82, 2.24) is 15.3 Å². The molecule has 3 N–H and O–H groups in total. The van der Waals surface area contributed by atoms with E-state index in [-0.39, 0.29) is 17.9 Å². The first kappa shape index (κ1) is 15.7. The molecule has 0 aliphatic heterocycles. The van der Waals surface area contributed by atoms with Gasteiger partial charge in [0, 0.05) is 18.2 Å². The molecule has 0 unspecified atom stereocenters. The fourth-order valence-corrected chi connectivity index (χ4v) is 2.43. The van der Waals surface area contributed by atoms with Gasteiger partial charge in [-0.15, -0.1) is 0 Å². The summed E-state index contributed by atoms with van der Waals surface area (Å²) in [5.74, 6) is 0.363. The van der Waals surface area contributed by atoms with Gasteiger partial charge in [0.1, 0.15) is 5.82 Å². The average molecular weight is 322 g/mol. The quantitative estimate of drug-likeness (QED) is 0.690. The number of amides is 2. The molecule has 0 aliphatic rings. The molecule has 0 fully saturated rings. The summed E-state index contributed by atoms with van der Waals surface area (Å²) in [5.41, 5.74) is 2.98. The number of carbonyl (C=O) groups is 2. The summed E-state index contributed by atoms with van der Waals surface area (Å²) < 4.78 is 0. The highest BCUT2D eigenvalue weighted by atomic mass is 16.2. The zero-order chi connectivity index (χ0) is 17.1. The molecule has 0 radical (unpaired) electrons. The molecule has 0 aliphatic carbocycles. The number of carbonyl (C=O) groups excluding carboxylic acids is 2. The summed E-state index contributed by atoms with van der Waals surface area (Å²) in [6.07, 6.45) is 0. The molecule has 0 saturated carbocycles. The summed E-state index contributed by atoms with van der Waals surface area (Å²) in [6, 6.07) is 14.2. The van der Waals surface area contributed by atoms with E-state index in [1.54, 1.807) is 24.3 Å². The van der Waals surface area contributed by atoms with Gasteiger partial charge in [0.2, 0.25) is 5.91 Å². The summed E-state index contributed by atoms with van der Waals surface area (Å²) in [7, 11) is 0. The Morgan fingerprint density at radius 2 is 1.79 bits per heavy atom. The molecular formula is C18H18N4O2. The highest BCUT2D eigenvalue weighted by molar-refractivity contribution is 5.95. The highest BCUT2D eigenvalue weighted by Gasteiger charge is 2.14. The van der Waals surface area contributed by atoms with E-state index in [4.69, 9.17) is 0 Å². The molecule has 2 amide bonds.